The van der Waals surface area contributed by atoms with E-state index in [1.54, 1.807) is 0 Å². The van der Waals surface area contributed by atoms with E-state index in [9.17, 15) is 18.7 Å². The van der Waals surface area contributed by atoms with Crippen LogP contribution >= 0.6 is 0 Å². The van der Waals surface area contributed by atoms with Crippen LogP contribution < -0.4 is 9.64 Å². The summed E-state index contributed by atoms with van der Waals surface area (Å²) in [5.74, 6) is 1.36. The summed E-state index contributed by atoms with van der Waals surface area (Å²) in [6.45, 7) is 9.34. The zero-order valence-electron chi connectivity index (χ0n) is 29.8. The summed E-state index contributed by atoms with van der Waals surface area (Å²) in [7, 11) is 0. The molecular weight excluding hydrogens is 669 g/mol. The zero-order valence-corrected chi connectivity index (χ0v) is 29.8. The van der Waals surface area contributed by atoms with E-state index in [2.05, 4.69) is 25.7 Å². The van der Waals surface area contributed by atoms with Crippen molar-refractivity contribution in [3.8, 4) is 35.4 Å². The van der Waals surface area contributed by atoms with Gasteiger partial charge in [0.05, 0.1) is 17.6 Å². The van der Waals surface area contributed by atoms with Crippen LogP contribution in [0.5, 0.6) is 11.8 Å². The number of terminal acetylenes is 1. The fourth-order valence-electron chi connectivity index (χ4n) is 8.34. The first-order chi connectivity index (χ1) is 24.8. The van der Waals surface area contributed by atoms with E-state index >= 15 is 4.39 Å². The maximum atomic E-state index is 17.0. The van der Waals surface area contributed by atoms with E-state index < -0.39 is 23.2 Å². The Kier molecular flexibility index (Phi) is 8.48. The van der Waals surface area contributed by atoms with Crippen molar-refractivity contribution in [2.75, 3.05) is 44.2 Å². The number of piperidine rings is 1. The highest BCUT2D eigenvalue weighted by molar-refractivity contribution is 6.03. The van der Waals surface area contributed by atoms with E-state index in [-0.39, 0.29) is 62.9 Å². The summed E-state index contributed by atoms with van der Waals surface area (Å²) in [4.78, 5) is 33.9. The summed E-state index contributed by atoms with van der Waals surface area (Å²) < 4.78 is 52.1. The standard InChI is InChI=1S/C40H43F3N6O3/c1-5-28-31(42)9-6-23-16-27(50)17-29(32(23)28)34-33(43)35-30(18-44-34)36(48-19-25-7-8-26(20-48)49(25)37(51)39(2,3)4)46-38(45-35)52-22-40(12-13-40)21-47-14-10-24(41)11-15-47/h1,6,9,16-18,24-26,50H,7-8,10-15,19-22H2,2-4H3. The first kappa shape index (κ1) is 34.5. The number of phenolic OH excluding ortho intramolecular Hbond substituents is 1. The van der Waals surface area contributed by atoms with Crippen molar-refractivity contribution in [1.82, 2.24) is 24.8 Å². The normalized spacial score (nSPS) is 21.9. The molecule has 9 nitrogen and oxygen atoms in total. The number of piperazine rings is 1. The van der Waals surface area contributed by atoms with Crippen LogP contribution in [0, 0.1) is 34.8 Å². The minimum absolute atomic E-state index is 0.0176. The number of halogens is 3. The molecule has 2 unspecified atom stereocenters. The van der Waals surface area contributed by atoms with Gasteiger partial charge >= 0.3 is 6.01 Å². The molecule has 5 heterocycles. The number of aromatic nitrogens is 3. The summed E-state index contributed by atoms with van der Waals surface area (Å²) in [5, 5.41) is 11.7. The number of phenols is 1. The van der Waals surface area contributed by atoms with Gasteiger partial charge in [-0.25, -0.2) is 13.2 Å². The molecule has 0 spiro atoms. The lowest BCUT2D eigenvalue weighted by Crippen LogP contribution is -2.58. The SMILES string of the molecule is C#Cc1c(F)ccc2cc(O)cc(-c3ncc4c(N5CC6CCC(C5)N6C(=O)C(C)(C)C)nc(OCC5(CN6CCC(F)CC6)CC5)nc4c3F)c12. The number of fused-ring (bicyclic) bond motifs is 4. The second kappa shape index (κ2) is 12.8. The van der Waals surface area contributed by atoms with Gasteiger partial charge in [0.15, 0.2) is 5.82 Å². The molecule has 1 saturated carbocycles. The first-order valence-corrected chi connectivity index (χ1v) is 18.2. The molecule has 8 rings (SSSR count). The van der Waals surface area contributed by atoms with E-state index in [1.807, 2.05) is 25.7 Å². The Labute approximate surface area is 301 Å². The number of ether oxygens (including phenoxy) is 1. The highest BCUT2D eigenvalue weighted by Crippen LogP contribution is 2.47. The monoisotopic (exact) mass is 712 g/mol. The fraction of sp³-hybridized carbons (Fsp3) is 0.500. The van der Waals surface area contributed by atoms with Crippen LogP contribution in [0.15, 0.2) is 30.5 Å². The number of benzene rings is 2. The lowest BCUT2D eigenvalue weighted by atomic mass is 9.93. The number of likely N-dealkylation sites (tertiary alicyclic amines) is 1. The third kappa shape index (κ3) is 6.16. The van der Waals surface area contributed by atoms with E-state index in [0.717, 1.165) is 32.2 Å². The number of carbonyl (C=O) groups excluding carboxylic acids is 1. The largest absolute Gasteiger partial charge is 0.508 e. The number of nitrogens with zero attached hydrogens (tertiary/aromatic N) is 6. The van der Waals surface area contributed by atoms with Crippen LogP contribution in [0.25, 0.3) is 32.9 Å². The van der Waals surface area contributed by atoms with Crippen molar-refractivity contribution in [3.05, 3.63) is 47.7 Å². The van der Waals surface area contributed by atoms with E-state index in [4.69, 9.17) is 16.1 Å². The predicted molar refractivity (Wildman–Crippen MR) is 193 cm³/mol. The Hall–Kier alpha value is -4.63. The zero-order chi connectivity index (χ0) is 36.5. The van der Waals surface area contributed by atoms with E-state index in [1.165, 1.54) is 30.5 Å². The Balaban J connectivity index is 1.20. The van der Waals surface area contributed by atoms with Crippen molar-refractivity contribution < 1.29 is 27.8 Å². The topological polar surface area (TPSA) is 94.9 Å². The molecule has 272 valence electrons. The smallest absolute Gasteiger partial charge is 0.319 e. The molecule has 3 saturated heterocycles. The van der Waals surface area contributed by atoms with Gasteiger partial charge in [-0.05, 0) is 62.1 Å². The first-order valence-electron chi connectivity index (χ1n) is 18.2. The number of hydrogen-bond donors (Lipinski definition) is 1. The van der Waals surface area contributed by atoms with Crippen LogP contribution in [0.2, 0.25) is 0 Å². The molecule has 0 radical (unpaired) electrons. The molecule has 1 N–H and O–H groups in total. The Morgan fingerprint density at radius 2 is 1.79 bits per heavy atom. The number of pyridine rings is 1. The molecule has 1 aliphatic carbocycles. The van der Waals surface area contributed by atoms with Crippen LogP contribution in [-0.2, 0) is 4.79 Å². The van der Waals surface area contributed by atoms with Crippen LogP contribution in [0.4, 0.5) is 19.0 Å². The van der Waals surface area contributed by atoms with Gasteiger partial charge in [-0.15, -0.1) is 6.42 Å². The average Bonchev–Trinajstić information content (AvgIpc) is 3.83. The van der Waals surface area contributed by atoms with Crippen LogP contribution in [0.1, 0.15) is 64.9 Å². The quantitative estimate of drug-likeness (QED) is 0.214. The molecular formula is C40H43F3N6O3. The highest BCUT2D eigenvalue weighted by atomic mass is 19.1. The van der Waals surface area contributed by atoms with Crippen LogP contribution in [0.3, 0.4) is 0 Å². The summed E-state index contributed by atoms with van der Waals surface area (Å²) in [5.41, 5.74) is -0.751. The molecule has 3 aliphatic heterocycles. The maximum Gasteiger partial charge on any atom is 0.319 e. The minimum atomic E-state index is -0.787. The molecule has 2 atom stereocenters. The second-order valence-electron chi connectivity index (χ2n) is 16.2. The highest BCUT2D eigenvalue weighted by Gasteiger charge is 2.47. The molecule has 4 aromatic rings. The van der Waals surface area contributed by atoms with Crippen molar-refractivity contribution >= 4 is 33.4 Å². The van der Waals surface area contributed by atoms with Gasteiger partial charge in [0.2, 0.25) is 5.91 Å². The molecule has 4 fully saturated rings. The third-order valence-electron chi connectivity index (χ3n) is 11.3. The van der Waals surface area contributed by atoms with Gasteiger partial charge in [-0.2, -0.15) is 9.97 Å². The van der Waals surface area contributed by atoms with Gasteiger partial charge in [0.1, 0.15) is 34.8 Å². The number of anilines is 1. The number of aromatic hydroxyl groups is 1. The Morgan fingerprint density at radius 1 is 1.08 bits per heavy atom. The summed E-state index contributed by atoms with van der Waals surface area (Å²) in [6, 6.07) is 5.41. The number of rotatable bonds is 7. The van der Waals surface area contributed by atoms with Crippen molar-refractivity contribution in [1.29, 1.82) is 0 Å². The maximum absolute atomic E-state index is 17.0. The van der Waals surface area contributed by atoms with Gasteiger partial charge < -0.3 is 24.5 Å². The number of carbonyl (C=O) groups is 1. The molecule has 4 aliphatic rings. The van der Waals surface area contributed by atoms with Gasteiger partial charge in [0.25, 0.3) is 0 Å². The average molecular weight is 713 g/mol. The Bertz CT molecular complexity index is 2100. The fourth-order valence-corrected chi connectivity index (χ4v) is 8.34. The summed E-state index contributed by atoms with van der Waals surface area (Å²) >= 11 is 0. The number of alkyl halides is 1. The molecule has 1 amide bonds. The second-order valence-corrected chi connectivity index (χ2v) is 16.2. The Morgan fingerprint density at radius 3 is 2.44 bits per heavy atom. The molecule has 2 aromatic carbocycles. The lowest BCUT2D eigenvalue weighted by Gasteiger charge is -2.44. The molecule has 2 bridgehead atoms. The minimum Gasteiger partial charge on any atom is -0.508 e. The van der Waals surface area contributed by atoms with Crippen molar-refractivity contribution in [2.45, 2.75) is 77.6 Å². The number of amides is 1. The van der Waals surface area contributed by atoms with E-state index in [0.29, 0.717) is 62.2 Å². The van der Waals surface area contributed by atoms with Gasteiger partial charge in [0, 0.05) is 72.8 Å². The van der Waals surface area contributed by atoms with Crippen LogP contribution in [-0.4, -0.2) is 93.4 Å². The van der Waals surface area contributed by atoms with Crippen molar-refractivity contribution in [2.24, 2.45) is 10.8 Å². The molecule has 2 aromatic heterocycles. The summed E-state index contributed by atoms with van der Waals surface area (Å²) in [6.07, 6.45) is 11.2. The van der Waals surface area contributed by atoms with Gasteiger partial charge in [-0.3, -0.25) is 9.78 Å². The molecule has 52 heavy (non-hydrogen) atoms. The third-order valence-corrected chi connectivity index (χ3v) is 11.3. The predicted octanol–water partition coefficient (Wildman–Crippen LogP) is 6.63. The number of hydrogen-bond acceptors (Lipinski definition) is 8. The molecule has 12 heteroatoms. The lowest BCUT2D eigenvalue weighted by molar-refractivity contribution is -0.143. The van der Waals surface area contributed by atoms with Gasteiger partial charge in [-0.1, -0.05) is 32.8 Å². The van der Waals surface area contributed by atoms with Crippen molar-refractivity contribution in [3.63, 3.8) is 0 Å².